The van der Waals surface area contributed by atoms with Gasteiger partial charge in [-0.05, 0) is 56.2 Å². The molecule has 4 nitrogen and oxygen atoms in total. The van der Waals surface area contributed by atoms with Crippen LogP contribution in [0.4, 0.5) is 0 Å². The van der Waals surface area contributed by atoms with Crippen LogP contribution >= 0.6 is 0 Å². The van der Waals surface area contributed by atoms with Crippen molar-refractivity contribution in [3.63, 3.8) is 0 Å². The van der Waals surface area contributed by atoms with Crippen LogP contribution in [0.25, 0.3) is 0 Å². The van der Waals surface area contributed by atoms with Crippen LogP contribution in [0, 0.1) is 5.92 Å². The molecule has 140 valence electrons. The fourth-order valence-electron chi connectivity index (χ4n) is 5.71. The number of epoxide rings is 1. The van der Waals surface area contributed by atoms with Gasteiger partial charge in [-0.2, -0.15) is 0 Å². The molecular weight excluding hydrogens is 326 g/mol. The van der Waals surface area contributed by atoms with Gasteiger partial charge in [-0.15, -0.1) is 0 Å². The molecule has 0 radical (unpaired) electrons. The lowest BCUT2D eigenvalue weighted by Gasteiger charge is -2.45. The van der Waals surface area contributed by atoms with Crippen LogP contribution in [0.1, 0.15) is 56.9 Å². The second kappa shape index (κ2) is 5.98. The van der Waals surface area contributed by atoms with Gasteiger partial charge in [0.25, 0.3) is 0 Å². The summed E-state index contributed by atoms with van der Waals surface area (Å²) in [5.41, 5.74) is 1.26. The van der Waals surface area contributed by atoms with Gasteiger partial charge < -0.3 is 14.4 Å². The zero-order chi connectivity index (χ0) is 17.8. The standard InChI is InChI=1S/C22H29NO3/c1-25-18-9-7-16(8-10-18)15-19-22-12-3-2-11-21(22,26-22)13-14-23(19)20(24)17-5-4-6-17/h7-10,17,19H,2-6,11-15H2,1H3/t19-,21?,22-/m0/s1. The molecular formula is C22H29NO3. The van der Waals surface area contributed by atoms with E-state index < -0.39 is 0 Å². The predicted octanol–water partition coefficient (Wildman–Crippen LogP) is 3.72. The fraction of sp³-hybridized carbons (Fsp3) is 0.682. The van der Waals surface area contributed by atoms with Crippen LogP contribution in [0.2, 0.25) is 0 Å². The number of ether oxygens (including phenoxy) is 2. The molecule has 1 amide bonds. The number of hydrogen-bond donors (Lipinski definition) is 0. The number of amides is 1. The average molecular weight is 355 g/mol. The minimum Gasteiger partial charge on any atom is -0.497 e. The molecule has 0 bridgehead atoms. The average Bonchev–Trinajstić information content (AvgIpc) is 3.32. The summed E-state index contributed by atoms with van der Waals surface area (Å²) in [5, 5.41) is 0. The Morgan fingerprint density at radius 2 is 1.92 bits per heavy atom. The summed E-state index contributed by atoms with van der Waals surface area (Å²) in [7, 11) is 1.70. The number of hydrogen-bond acceptors (Lipinski definition) is 3. The van der Waals surface area contributed by atoms with Crippen molar-refractivity contribution in [1.82, 2.24) is 4.90 Å². The molecule has 1 unspecified atom stereocenters. The molecule has 4 fully saturated rings. The van der Waals surface area contributed by atoms with Gasteiger partial charge in [0, 0.05) is 12.5 Å². The van der Waals surface area contributed by atoms with E-state index in [2.05, 4.69) is 17.0 Å². The maximum Gasteiger partial charge on any atom is 0.226 e. The van der Waals surface area contributed by atoms with E-state index in [9.17, 15) is 4.79 Å². The summed E-state index contributed by atoms with van der Waals surface area (Å²) in [6, 6.07) is 8.52. The molecule has 1 aromatic carbocycles. The molecule has 3 atom stereocenters. The molecule has 0 aromatic heterocycles. The highest BCUT2D eigenvalue weighted by atomic mass is 16.6. The van der Waals surface area contributed by atoms with Gasteiger partial charge in [-0.1, -0.05) is 31.4 Å². The van der Waals surface area contributed by atoms with Crippen molar-refractivity contribution in [3.8, 4) is 5.75 Å². The SMILES string of the molecule is COc1ccc(C[C@@H]2N(C(=O)C3CCC3)CCC34CCCC[C@]23O4)cc1. The van der Waals surface area contributed by atoms with Gasteiger partial charge in [0.05, 0.1) is 13.2 Å². The second-order valence-corrected chi connectivity index (χ2v) is 8.67. The minimum absolute atomic E-state index is 0.0682. The molecule has 2 aliphatic heterocycles. The highest BCUT2D eigenvalue weighted by molar-refractivity contribution is 5.80. The van der Waals surface area contributed by atoms with Crippen LogP contribution in [-0.4, -0.2) is 41.7 Å². The van der Waals surface area contributed by atoms with Crippen molar-refractivity contribution in [3.05, 3.63) is 29.8 Å². The fourth-order valence-corrected chi connectivity index (χ4v) is 5.71. The van der Waals surface area contributed by atoms with E-state index in [0.29, 0.717) is 5.91 Å². The van der Waals surface area contributed by atoms with Crippen molar-refractivity contribution < 1.29 is 14.3 Å². The highest BCUT2D eigenvalue weighted by Crippen LogP contribution is 2.64. The van der Waals surface area contributed by atoms with Crippen molar-refractivity contribution in [2.24, 2.45) is 5.92 Å². The van der Waals surface area contributed by atoms with Gasteiger partial charge in [0.15, 0.2) is 0 Å². The second-order valence-electron chi connectivity index (χ2n) is 8.67. The number of piperidine rings is 1. The van der Waals surface area contributed by atoms with Crippen LogP contribution in [0.5, 0.6) is 5.75 Å². The van der Waals surface area contributed by atoms with Crippen LogP contribution in [0.15, 0.2) is 24.3 Å². The van der Waals surface area contributed by atoms with E-state index in [1.54, 1.807) is 7.11 Å². The summed E-state index contributed by atoms with van der Waals surface area (Å²) in [6.45, 7) is 0.873. The first kappa shape index (κ1) is 16.6. The quantitative estimate of drug-likeness (QED) is 0.773. The number of nitrogens with zero attached hydrogens (tertiary/aromatic N) is 1. The summed E-state index contributed by atoms with van der Waals surface area (Å²) in [4.78, 5) is 15.4. The number of carbonyl (C=O) groups excluding carboxylic acids is 1. The van der Waals surface area contributed by atoms with E-state index in [0.717, 1.165) is 44.4 Å². The Hall–Kier alpha value is -1.55. The Balaban J connectivity index is 1.44. The maximum atomic E-state index is 13.2. The molecule has 4 aliphatic rings. The smallest absolute Gasteiger partial charge is 0.226 e. The molecule has 5 rings (SSSR count). The molecule has 1 aromatic rings. The largest absolute Gasteiger partial charge is 0.497 e. The lowest BCUT2D eigenvalue weighted by Crippen LogP contribution is -2.60. The number of likely N-dealkylation sites (tertiary alicyclic amines) is 1. The predicted molar refractivity (Wildman–Crippen MR) is 99.2 cm³/mol. The van der Waals surface area contributed by atoms with Crippen LogP contribution in [0.3, 0.4) is 0 Å². The van der Waals surface area contributed by atoms with E-state index in [-0.39, 0.29) is 23.2 Å². The molecule has 4 heteroatoms. The van der Waals surface area contributed by atoms with Gasteiger partial charge in [-0.3, -0.25) is 4.79 Å². The summed E-state index contributed by atoms with van der Waals surface area (Å²) >= 11 is 0. The molecule has 2 saturated carbocycles. The first-order chi connectivity index (χ1) is 12.7. The van der Waals surface area contributed by atoms with Crippen LogP contribution < -0.4 is 4.74 Å². The molecule has 26 heavy (non-hydrogen) atoms. The number of rotatable bonds is 4. The zero-order valence-corrected chi connectivity index (χ0v) is 15.7. The Morgan fingerprint density at radius 3 is 2.62 bits per heavy atom. The highest BCUT2D eigenvalue weighted by Gasteiger charge is 2.76. The van der Waals surface area contributed by atoms with E-state index in [1.165, 1.54) is 31.2 Å². The van der Waals surface area contributed by atoms with E-state index in [1.807, 2.05) is 12.1 Å². The topological polar surface area (TPSA) is 42.1 Å². The third-order valence-electron chi connectivity index (χ3n) is 7.48. The van der Waals surface area contributed by atoms with Crippen molar-refractivity contribution in [1.29, 1.82) is 0 Å². The molecule has 2 aliphatic carbocycles. The van der Waals surface area contributed by atoms with Gasteiger partial charge in [0.2, 0.25) is 5.91 Å². The van der Waals surface area contributed by atoms with Crippen molar-refractivity contribution in [2.45, 2.75) is 75.0 Å². The van der Waals surface area contributed by atoms with Crippen LogP contribution in [-0.2, 0) is 16.0 Å². The van der Waals surface area contributed by atoms with Gasteiger partial charge in [0.1, 0.15) is 17.0 Å². The molecule has 0 spiro atoms. The monoisotopic (exact) mass is 355 g/mol. The van der Waals surface area contributed by atoms with Gasteiger partial charge >= 0.3 is 0 Å². The first-order valence-electron chi connectivity index (χ1n) is 10.3. The summed E-state index contributed by atoms with van der Waals surface area (Å²) < 4.78 is 11.8. The van der Waals surface area contributed by atoms with Crippen molar-refractivity contribution >= 4 is 5.91 Å². The van der Waals surface area contributed by atoms with Gasteiger partial charge in [-0.25, -0.2) is 0 Å². The number of methoxy groups -OCH3 is 1. The maximum absolute atomic E-state index is 13.2. The lowest BCUT2D eigenvalue weighted by molar-refractivity contribution is -0.143. The molecule has 2 saturated heterocycles. The first-order valence-corrected chi connectivity index (χ1v) is 10.3. The molecule has 2 heterocycles. The Bertz CT molecular complexity index is 698. The Kier molecular flexibility index (Phi) is 3.82. The summed E-state index contributed by atoms with van der Waals surface area (Å²) in [6.07, 6.45) is 10.1. The van der Waals surface area contributed by atoms with E-state index in [4.69, 9.17) is 9.47 Å². The Morgan fingerprint density at radius 1 is 1.15 bits per heavy atom. The van der Waals surface area contributed by atoms with Crippen molar-refractivity contribution in [2.75, 3.05) is 13.7 Å². The minimum atomic E-state index is -0.0805. The Labute approximate surface area is 155 Å². The lowest BCUT2D eigenvalue weighted by atomic mass is 9.69. The third-order valence-corrected chi connectivity index (χ3v) is 7.48. The number of benzene rings is 1. The summed E-state index contributed by atoms with van der Waals surface area (Å²) in [5.74, 6) is 1.53. The molecule has 0 N–H and O–H groups in total. The zero-order valence-electron chi connectivity index (χ0n) is 15.7. The normalized spacial score (nSPS) is 35.9. The van der Waals surface area contributed by atoms with E-state index >= 15 is 0 Å². The number of carbonyl (C=O) groups is 1. The third kappa shape index (κ3) is 2.34.